The highest BCUT2D eigenvalue weighted by atomic mass is 32.2. The highest BCUT2D eigenvalue weighted by molar-refractivity contribution is 7.85. The van der Waals surface area contributed by atoms with Crippen molar-refractivity contribution in [1.82, 2.24) is 0 Å². The van der Waals surface area contributed by atoms with E-state index in [9.17, 15) is 8.42 Å². The molecule has 0 saturated heterocycles. The van der Waals surface area contributed by atoms with E-state index in [4.69, 9.17) is 15.4 Å². The van der Waals surface area contributed by atoms with Crippen LogP contribution in [-0.2, 0) is 10.1 Å². The van der Waals surface area contributed by atoms with Gasteiger partial charge < -0.3 is 10.8 Å². The molecule has 0 radical (unpaired) electrons. The Morgan fingerprint density at radius 3 is 2.38 bits per heavy atom. The number of rotatable bonds is 1. The van der Waals surface area contributed by atoms with Crippen molar-refractivity contribution in [1.29, 1.82) is 0 Å². The number of benzene rings is 1. The summed E-state index contributed by atoms with van der Waals surface area (Å²) in [4.78, 5) is -0.289. The Balaban J connectivity index is 3.50. The van der Waals surface area contributed by atoms with Gasteiger partial charge in [0.25, 0.3) is 10.1 Å². The molecular weight excluding hydrogens is 194 g/mol. The van der Waals surface area contributed by atoms with Crippen LogP contribution in [-0.4, -0.2) is 18.1 Å². The summed E-state index contributed by atoms with van der Waals surface area (Å²) in [7, 11) is -4.26. The van der Waals surface area contributed by atoms with Crippen molar-refractivity contribution in [3.05, 3.63) is 17.7 Å². The maximum atomic E-state index is 10.7. The van der Waals surface area contributed by atoms with Gasteiger partial charge in [0.1, 0.15) is 5.75 Å². The van der Waals surface area contributed by atoms with E-state index in [0.717, 1.165) is 6.07 Å². The lowest BCUT2D eigenvalue weighted by Crippen LogP contribution is -2.02. The zero-order valence-electron chi connectivity index (χ0n) is 6.85. The fraction of sp³-hybridized carbons (Fsp3) is 0.143. The van der Waals surface area contributed by atoms with Gasteiger partial charge in [0.15, 0.2) is 0 Å². The lowest BCUT2D eigenvalue weighted by atomic mass is 10.2. The van der Waals surface area contributed by atoms with Crippen LogP contribution in [0.25, 0.3) is 0 Å². The largest absolute Gasteiger partial charge is 0.506 e. The van der Waals surface area contributed by atoms with E-state index in [0.29, 0.717) is 0 Å². The molecule has 5 nitrogen and oxygen atoms in total. The first kappa shape index (κ1) is 9.82. The number of anilines is 1. The van der Waals surface area contributed by atoms with Gasteiger partial charge in [0.2, 0.25) is 0 Å². The van der Waals surface area contributed by atoms with E-state index in [1.54, 1.807) is 0 Å². The number of phenolic OH excluding ortho intramolecular Hbond substituents is 1. The van der Waals surface area contributed by atoms with E-state index in [1.807, 2.05) is 0 Å². The van der Waals surface area contributed by atoms with Gasteiger partial charge in [0.05, 0.1) is 10.6 Å². The van der Waals surface area contributed by atoms with Gasteiger partial charge in [-0.05, 0) is 24.6 Å². The van der Waals surface area contributed by atoms with Gasteiger partial charge in [-0.2, -0.15) is 8.42 Å². The third kappa shape index (κ3) is 1.90. The zero-order valence-corrected chi connectivity index (χ0v) is 7.67. The summed E-state index contributed by atoms with van der Waals surface area (Å²) in [5.41, 5.74) is 5.42. The van der Waals surface area contributed by atoms with Crippen LogP contribution < -0.4 is 5.73 Å². The number of nitrogen functional groups attached to an aromatic ring is 1. The van der Waals surface area contributed by atoms with Crippen molar-refractivity contribution in [3.8, 4) is 5.75 Å². The van der Waals surface area contributed by atoms with Gasteiger partial charge in [-0.25, -0.2) is 0 Å². The van der Waals surface area contributed by atoms with Gasteiger partial charge in [-0.3, -0.25) is 4.55 Å². The number of hydrogen-bond acceptors (Lipinski definition) is 4. The predicted molar refractivity (Wildman–Crippen MR) is 47.1 cm³/mol. The van der Waals surface area contributed by atoms with E-state index < -0.39 is 10.1 Å². The molecule has 72 valence electrons. The molecule has 1 aromatic carbocycles. The number of nitrogens with two attached hydrogens (primary N) is 1. The van der Waals surface area contributed by atoms with Gasteiger partial charge in [-0.15, -0.1) is 0 Å². The molecule has 13 heavy (non-hydrogen) atoms. The van der Waals surface area contributed by atoms with Crippen LogP contribution in [0.15, 0.2) is 17.0 Å². The Morgan fingerprint density at radius 1 is 1.38 bits per heavy atom. The van der Waals surface area contributed by atoms with Crippen molar-refractivity contribution >= 4 is 15.8 Å². The molecule has 0 spiro atoms. The third-order valence-corrected chi connectivity index (χ3v) is 2.60. The molecule has 0 aliphatic carbocycles. The van der Waals surface area contributed by atoms with E-state index in [1.165, 1.54) is 13.0 Å². The quantitative estimate of drug-likeness (QED) is 0.351. The van der Waals surface area contributed by atoms with E-state index in [2.05, 4.69) is 0 Å². The highest BCUT2D eigenvalue weighted by Gasteiger charge is 2.14. The molecule has 4 N–H and O–H groups in total. The Morgan fingerprint density at radius 2 is 1.92 bits per heavy atom. The normalized spacial score (nSPS) is 11.5. The number of phenols is 1. The number of aryl methyl sites for hydroxylation is 1. The number of aromatic hydroxyl groups is 1. The average Bonchev–Trinajstić information content (AvgIpc) is 1.94. The topological polar surface area (TPSA) is 101 Å². The summed E-state index contributed by atoms with van der Waals surface area (Å²) in [5.74, 6) is -0.204. The second-order valence-corrected chi connectivity index (χ2v) is 4.04. The molecule has 1 aromatic rings. The van der Waals surface area contributed by atoms with Crippen LogP contribution in [0.5, 0.6) is 5.75 Å². The number of hydrogen-bond donors (Lipinski definition) is 3. The summed E-state index contributed by atoms with van der Waals surface area (Å²) in [6.45, 7) is 1.45. The minimum absolute atomic E-state index is 0.0850. The van der Waals surface area contributed by atoms with Gasteiger partial charge in [-0.1, -0.05) is 0 Å². The minimum atomic E-state index is -4.26. The molecule has 6 heteroatoms. The molecule has 0 atom stereocenters. The van der Waals surface area contributed by atoms with Gasteiger partial charge in [0, 0.05) is 0 Å². The smallest absolute Gasteiger partial charge is 0.294 e. The standard InChI is InChI=1S/C7H9NO4S/c1-4-2-6(9)5(8)3-7(4)13(10,11)12/h2-3,9H,8H2,1H3,(H,10,11,12). The van der Waals surface area contributed by atoms with Crippen LogP contribution in [0.4, 0.5) is 5.69 Å². The maximum Gasteiger partial charge on any atom is 0.294 e. The second kappa shape index (κ2) is 2.90. The maximum absolute atomic E-state index is 10.7. The van der Waals surface area contributed by atoms with E-state index >= 15 is 0 Å². The monoisotopic (exact) mass is 203 g/mol. The highest BCUT2D eigenvalue weighted by Crippen LogP contribution is 2.26. The fourth-order valence-corrected chi connectivity index (χ4v) is 1.71. The lowest BCUT2D eigenvalue weighted by Gasteiger charge is -2.05. The van der Waals surface area contributed by atoms with Gasteiger partial charge >= 0.3 is 0 Å². The molecule has 0 aliphatic rings. The van der Waals surface area contributed by atoms with Crippen LogP contribution in [0.1, 0.15) is 5.56 Å². The Hall–Kier alpha value is -1.27. The molecule has 0 amide bonds. The first-order chi connectivity index (χ1) is 5.82. The summed E-state index contributed by atoms with van der Waals surface area (Å²) < 4.78 is 30.2. The third-order valence-electron chi connectivity index (χ3n) is 1.60. The summed E-state index contributed by atoms with van der Waals surface area (Å²) in [5, 5.41) is 9.09. The van der Waals surface area contributed by atoms with Crippen LogP contribution in [0.2, 0.25) is 0 Å². The summed E-state index contributed by atoms with van der Waals surface area (Å²) >= 11 is 0. The fourth-order valence-electron chi connectivity index (χ4n) is 0.966. The lowest BCUT2D eigenvalue weighted by molar-refractivity contribution is 0.474. The van der Waals surface area contributed by atoms with Crippen molar-refractivity contribution in [3.63, 3.8) is 0 Å². The molecule has 1 rings (SSSR count). The molecule has 0 aromatic heterocycles. The minimum Gasteiger partial charge on any atom is -0.506 e. The second-order valence-electron chi connectivity index (χ2n) is 2.65. The molecule has 0 unspecified atom stereocenters. The van der Waals surface area contributed by atoms with Crippen LogP contribution >= 0.6 is 0 Å². The molecule has 0 saturated carbocycles. The summed E-state index contributed by atoms with van der Waals surface area (Å²) in [6, 6.07) is 2.19. The molecule has 0 aliphatic heterocycles. The Kier molecular flexibility index (Phi) is 2.19. The SMILES string of the molecule is Cc1cc(O)c(N)cc1S(=O)(=O)O. The first-order valence-corrected chi connectivity index (χ1v) is 4.83. The average molecular weight is 203 g/mol. The first-order valence-electron chi connectivity index (χ1n) is 3.39. The van der Waals surface area contributed by atoms with Crippen molar-refractivity contribution in [2.75, 3.05) is 5.73 Å². The predicted octanol–water partition coefficient (Wildman–Crippen LogP) is 0.530. The zero-order chi connectivity index (χ0) is 10.2. The Bertz CT molecular complexity index is 438. The van der Waals surface area contributed by atoms with Crippen LogP contribution in [0, 0.1) is 6.92 Å². The molecule has 0 bridgehead atoms. The van der Waals surface area contributed by atoms with Crippen LogP contribution in [0.3, 0.4) is 0 Å². The van der Waals surface area contributed by atoms with Crippen molar-refractivity contribution in [2.45, 2.75) is 11.8 Å². The Labute approximate surface area is 75.6 Å². The van der Waals surface area contributed by atoms with E-state index in [-0.39, 0.29) is 21.9 Å². The molecule has 0 heterocycles. The molecular formula is C7H9NO4S. The molecule has 0 fully saturated rings. The van der Waals surface area contributed by atoms with Crippen molar-refractivity contribution < 1.29 is 18.1 Å². The van der Waals surface area contributed by atoms with Crippen molar-refractivity contribution in [2.24, 2.45) is 0 Å². The summed E-state index contributed by atoms with van der Waals surface area (Å²) in [6.07, 6.45) is 0.